The topological polar surface area (TPSA) is 28.7 Å². The minimum Gasteiger partial charge on any atom is -0.358 e. The number of H-pyrrole nitrogens is 1. The number of aromatic nitrogens is 2. The van der Waals surface area contributed by atoms with Crippen LogP contribution in [0.15, 0.2) is 48.7 Å². The standard InChI is InChI=1S/C17H13FN2/c18-14-9-8-13-11-16(20-17(13)12-14)7-2-1-5-15-6-3-4-10-19-15/h3-4,6,8-12,20H,2,7H2. The van der Waals surface area contributed by atoms with Gasteiger partial charge < -0.3 is 4.98 Å². The predicted octanol–water partition coefficient (Wildman–Crippen LogP) is 3.69. The van der Waals surface area contributed by atoms with E-state index in [0.29, 0.717) is 0 Å². The van der Waals surface area contributed by atoms with E-state index in [2.05, 4.69) is 21.8 Å². The summed E-state index contributed by atoms with van der Waals surface area (Å²) >= 11 is 0. The first-order valence-corrected chi connectivity index (χ1v) is 6.48. The van der Waals surface area contributed by atoms with Gasteiger partial charge in [-0.3, -0.25) is 0 Å². The lowest BCUT2D eigenvalue weighted by Gasteiger charge is -1.91. The molecule has 0 saturated heterocycles. The Morgan fingerprint density at radius 2 is 2.10 bits per heavy atom. The smallest absolute Gasteiger partial charge is 0.125 e. The maximum Gasteiger partial charge on any atom is 0.125 e. The summed E-state index contributed by atoms with van der Waals surface area (Å²) in [5.74, 6) is 5.90. The average Bonchev–Trinajstić information content (AvgIpc) is 2.86. The number of halogens is 1. The van der Waals surface area contributed by atoms with Gasteiger partial charge in [-0.05, 0) is 54.1 Å². The van der Waals surface area contributed by atoms with Gasteiger partial charge in [0.25, 0.3) is 0 Å². The Hall–Kier alpha value is -2.60. The summed E-state index contributed by atoms with van der Waals surface area (Å²) in [6.45, 7) is 0. The lowest BCUT2D eigenvalue weighted by molar-refractivity contribution is 0.629. The molecule has 0 atom stereocenters. The number of hydrogen-bond donors (Lipinski definition) is 1. The fraction of sp³-hybridized carbons (Fsp3) is 0.118. The minimum atomic E-state index is -0.221. The first-order valence-electron chi connectivity index (χ1n) is 6.48. The average molecular weight is 264 g/mol. The summed E-state index contributed by atoms with van der Waals surface area (Å²) in [7, 11) is 0. The van der Waals surface area contributed by atoms with Gasteiger partial charge >= 0.3 is 0 Å². The molecule has 3 heteroatoms. The van der Waals surface area contributed by atoms with E-state index >= 15 is 0 Å². The fourth-order valence-electron chi connectivity index (χ4n) is 2.08. The SMILES string of the molecule is Fc1ccc2cc(CCC#Cc3ccccn3)[nH]c2c1. The zero-order valence-electron chi connectivity index (χ0n) is 10.9. The van der Waals surface area contributed by atoms with Crippen LogP contribution < -0.4 is 0 Å². The number of benzene rings is 1. The first kappa shape index (κ1) is 12.4. The molecule has 0 radical (unpaired) electrons. The lowest BCUT2D eigenvalue weighted by Crippen LogP contribution is -1.83. The zero-order chi connectivity index (χ0) is 13.8. The van der Waals surface area contributed by atoms with Crippen LogP contribution in [0.2, 0.25) is 0 Å². The van der Waals surface area contributed by atoms with Crippen LogP contribution in [0, 0.1) is 17.7 Å². The molecule has 2 heterocycles. The van der Waals surface area contributed by atoms with Crippen molar-refractivity contribution in [2.75, 3.05) is 0 Å². The third-order valence-electron chi connectivity index (χ3n) is 3.04. The molecule has 3 aromatic rings. The molecule has 1 aromatic carbocycles. The van der Waals surface area contributed by atoms with E-state index < -0.39 is 0 Å². The van der Waals surface area contributed by atoms with Gasteiger partial charge in [-0.2, -0.15) is 0 Å². The molecule has 2 nitrogen and oxygen atoms in total. The number of hydrogen-bond acceptors (Lipinski definition) is 1. The molecular weight excluding hydrogens is 251 g/mol. The summed E-state index contributed by atoms with van der Waals surface area (Å²) in [5, 5.41) is 1.03. The maximum atomic E-state index is 13.1. The molecule has 20 heavy (non-hydrogen) atoms. The Kier molecular flexibility index (Phi) is 3.47. The van der Waals surface area contributed by atoms with Crippen LogP contribution in [-0.2, 0) is 6.42 Å². The van der Waals surface area contributed by atoms with E-state index in [1.54, 1.807) is 12.3 Å². The molecule has 0 bridgehead atoms. The van der Waals surface area contributed by atoms with Crippen LogP contribution in [0.1, 0.15) is 17.8 Å². The molecule has 0 aliphatic heterocycles. The summed E-state index contributed by atoms with van der Waals surface area (Å²) in [6.07, 6.45) is 3.29. The van der Waals surface area contributed by atoms with Gasteiger partial charge in [-0.15, -0.1) is 0 Å². The predicted molar refractivity (Wildman–Crippen MR) is 77.7 cm³/mol. The summed E-state index contributed by atoms with van der Waals surface area (Å²) in [4.78, 5) is 7.36. The van der Waals surface area contributed by atoms with Crippen molar-refractivity contribution >= 4 is 10.9 Å². The normalized spacial score (nSPS) is 10.2. The van der Waals surface area contributed by atoms with Gasteiger partial charge in [0.1, 0.15) is 11.5 Å². The second kappa shape index (κ2) is 5.58. The Balaban J connectivity index is 1.67. The maximum absolute atomic E-state index is 13.1. The first-order chi connectivity index (χ1) is 9.81. The third kappa shape index (κ3) is 2.86. The van der Waals surface area contributed by atoms with Crippen molar-refractivity contribution in [1.29, 1.82) is 0 Å². The highest BCUT2D eigenvalue weighted by atomic mass is 19.1. The Labute approximate surface area is 116 Å². The molecule has 1 N–H and O–H groups in total. The van der Waals surface area contributed by atoms with E-state index in [-0.39, 0.29) is 5.82 Å². The molecule has 0 amide bonds. The fourth-order valence-corrected chi connectivity index (χ4v) is 2.08. The van der Waals surface area contributed by atoms with Gasteiger partial charge in [0.05, 0.1) is 0 Å². The summed E-state index contributed by atoms with van der Waals surface area (Å²) < 4.78 is 13.1. The number of nitrogens with one attached hydrogen (secondary N) is 1. The van der Waals surface area contributed by atoms with Crippen LogP contribution >= 0.6 is 0 Å². The highest BCUT2D eigenvalue weighted by molar-refractivity contribution is 5.80. The van der Waals surface area contributed by atoms with Gasteiger partial charge in [-0.25, -0.2) is 9.37 Å². The van der Waals surface area contributed by atoms with Gasteiger partial charge in [0.15, 0.2) is 0 Å². The van der Waals surface area contributed by atoms with Crippen molar-refractivity contribution < 1.29 is 4.39 Å². The quantitative estimate of drug-likeness (QED) is 0.703. The lowest BCUT2D eigenvalue weighted by atomic mass is 10.2. The van der Waals surface area contributed by atoms with Crippen LogP contribution in [0.5, 0.6) is 0 Å². The van der Waals surface area contributed by atoms with Crippen molar-refractivity contribution in [2.24, 2.45) is 0 Å². The van der Waals surface area contributed by atoms with E-state index in [0.717, 1.165) is 35.1 Å². The van der Waals surface area contributed by atoms with E-state index in [9.17, 15) is 4.39 Å². The van der Waals surface area contributed by atoms with Crippen LogP contribution in [0.4, 0.5) is 4.39 Å². The molecule has 2 aromatic heterocycles. The van der Waals surface area contributed by atoms with Crippen LogP contribution in [-0.4, -0.2) is 9.97 Å². The van der Waals surface area contributed by atoms with E-state index in [4.69, 9.17) is 0 Å². The number of pyridine rings is 1. The monoisotopic (exact) mass is 264 g/mol. The van der Waals surface area contributed by atoms with Crippen molar-refractivity contribution in [2.45, 2.75) is 12.8 Å². The third-order valence-corrected chi connectivity index (χ3v) is 3.04. The highest BCUT2D eigenvalue weighted by Crippen LogP contribution is 2.17. The Morgan fingerprint density at radius 1 is 1.15 bits per heavy atom. The largest absolute Gasteiger partial charge is 0.358 e. The molecule has 0 saturated carbocycles. The van der Waals surface area contributed by atoms with Crippen LogP contribution in [0.3, 0.4) is 0 Å². The van der Waals surface area contributed by atoms with E-state index in [1.165, 1.54) is 12.1 Å². The summed E-state index contributed by atoms with van der Waals surface area (Å²) in [5.41, 5.74) is 2.69. The molecule has 0 unspecified atom stereocenters. The molecule has 3 rings (SSSR count). The number of aromatic amines is 1. The number of rotatable bonds is 2. The molecule has 0 aliphatic carbocycles. The van der Waals surface area contributed by atoms with E-state index in [1.807, 2.05) is 24.3 Å². The van der Waals surface area contributed by atoms with Crippen molar-refractivity contribution in [3.8, 4) is 11.8 Å². The second-order valence-electron chi connectivity index (χ2n) is 4.54. The Morgan fingerprint density at radius 3 is 2.95 bits per heavy atom. The van der Waals surface area contributed by atoms with Crippen molar-refractivity contribution in [3.05, 3.63) is 65.9 Å². The molecular formula is C17H13FN2. The number of nitrogens with zero attached hydrogens (tertiary/aromatic N) is 1. The summed E-state index contributed by atoms with van der Waals surface area (Å²) in [6, 6.07) is 12.5. The minimum absolute atomic E-state index is 0.221. The Bertz CT molecular complexity index is 779. The highest BCUT2D eigenvalue weighted by Gasteiger charge is 2.01. The number of fused-ring (bicyclic) bond motifs is 1. The molecule has 0 fully saturated rings. The molecule has 98 valence electrons. The zero-order valence-corrected chi connectivity index (χ0v) is 10.9. The van der Waals surface area contributed by atoms with Gasteiger partial charge in [-0.1, -0.05) is 12.0 Å². The molecule has 0 spiro atoms. The van der Waals surface area contributed by atoms with Crippen LogP contribution in [0.25, 0.3) is 10.9 Å². The number of aryl methyl sites for hydroxylation is 1. The second-order valence-corrected chi connectivity index (χ2v) is 4.54. The van der Waals surface area contributed by atoms with Gasteiger partial charge in [0.2, 0.25) is 0 Å². The molecule has 0 aliphatic rings. The van der Waals surface area contributed by atoms with Crippen molar-refractivity contribution in [3.63, 3.8) is 0 Å². The van der Waals surface area contributed by atoms with Crippen molar-refractivity contribution in [1.82, 2.24) is 9.97 Å². The van der Waals surface area contributed by atoms with Gasteiger partial charge in [0, 0.05) is 23.8 Å².